The van der Waals surface area contributed by atoms with Gasteiger partial charge in [0, 0.05) is 23.5 Å². The van der Waals surface area contributed by atoms with Crippen LogP contribution in [0, 0.1) is 11.6 Å². The van der Waals surface area contributed by atoms with Gasteiger partial charge in [-0.05, 0) is 73.2 Å². The first-order chi connectivity index (χ1) is 28.7. The zero-order chi connectivity index (χ0) is 42.9. The number of benzene rings is 2. The van der Waals surface area contributed by atoms with Crippen molar-refractivity contribution in [1.82, 2.24) is 19.8 Å². The van der Waals surface area contributed by atoms with Crippen molar-refractivity contribution in [2.75, 3.05) is 13.1 Å². The summed E-state index contributed by atoms with van der Waals surface area (Å²) < 4.78 is 30.2. The number of aliphatic hydroxyl groups excluding tert-OH is 2. The van der Waals surface area contributed by atoms with Crippen LogP contribution in [0.5, 0.6) is 0 Å². The standard InChI is InChI=1S/2C22H21FN2O5/c23-14-6-4-13(5-7-14)15-8-11-25-18(15)19(28)17(21(30)24-12-16(26)27)20(29)22(25)9-2-1-3-10-22;23-15-6-4-13(5-7-15)14-10-16-19(28)18(21(30)24-11-17(26)27)20(29)22(25(16)12-14)8-2-1-3-9-22/h4-8,11,28H,1-3,9-10,12H2,(H,24,30)(H,26,27);4-7,10,12,28H,1-3,8-9,11H2,(H,24,30)(H,26,27). The zero-order valence-corrected chi connectivity index (χ0v) is 32.3. The molecule has 14 nitrogen and oxygen atoms in total. The van der Waals surface area contributed by atoms with Gasteiger partial charge in [-0.2, -0.15) is 0 Å². The van der Waals surface area contributed by atoms with Crippen molar-refractivity contribution in [3.8, 4) is 22.3 Å². The number of ketones is 2. The number of halogens is 2. The summed E-state index contributed by atoms with van der Waals surface area (Å²) >= 11 is 0. The van der Waals surface area contributed by atoms with Crippen molar-refractivity contribution in [1.29, 1.82) is 0 Å². The summed E-state index contributed by atoms with van der Waals surface area (Å²) in [6.07, 6.45) is 10.6. The topological polar surface area (TPSA) is 217 Å². The molecule has 0 radical (unpaired) electrons. The van der Waals surface area contributed by atoms with Gasteiger partial charge < -0.3 is 40.2 Å². The molecule has 2 aliphatic carbocycles. The van der Waals surface area contributed by atoms with Gasteiger partial charge in [0.2, 0.25) is 0 Å². The van der Waals surface area contributed by atoms with Gasteiger partial charge in [-0.1, -0.05) is 62.8 Å². The molecule has 4 aromatic rings. The SMILES string of the molecule is O=C(O)CNC(=O)C1=C(O)c2c(-c3ccc(F)cc3)ccn2C2(CCCCC2)C1=O.O=C(O)CNC(=O)C1=C(O)c2cc(-c3ccc(F)cc3)cn2C2(CCCCC2)C1=O. The first-order valence-electron chi connectivity index (χ1n) is 19.6. The van der Waals surface area contributed by atoms with Gasteiger partial charge in [-0.15, -0.1) is 0 Å². The molecule has 2 fully saturated rings. The van der Waals surface area contributed by atoms with Gasteiger partial charge in [0.1, 0.15) is 46.9 Å². The number of amides is 2. The van der Waals surface area contributed by atoms with Crippen LogP contribution in [-0.4, -0.2) is 78.0 Å². The van der Waals surface area contributed by atoms with Crippen LogP contribution in [0.4, 0.5) is 8.78 Å². The van der Waals surface area contributed by atoms with Crippen molar-refractivity contribution >= 4 is 46.8 Å². The van der Waals surface area contributed by atoms with Crippen molar-refractivity contribution in [2.24, 2.45) is 0 Å². The van der Waals surface area contributed by atoms with Gasteiger partial charge in [0.05, 0.1) is 11.4 Å². The smallest absolute Gasteiger partial charge is 0.322 e. The number of aliphatic carboxylic acids is 2. The van der Waals surface area contributed by atoms with Crippen molar-refractivity contribution in [3.05, 3.63) is 107 Å². The number of carboxylic acids is 2. The highest BCUT2D eigenvalue weighted by atomic mass is 19.1. The monoisotopic (exact) mass is 824 g/mol. The molecule has 2 saturated carbocycles. The molecular formula is C44H42F2N4O10. The Morgan fingerprint density at radius 1 is 0.600 bits per heavy atom. The van der Waals surface area contributed by atoms with E-state index in [1.165, 1.54) is 24.3 Å². The minimum absolute atomic E-state index is 0.309. The molecule has 4 heterocycles. The van der Waals surface area contributed by atoms with E-state index in [1.807, 2.05) is 0 Å². The zero-order valence-electron chi connectivity index (χ0n) is 32.3. The number of hydrogen-bond acceptors (Lipinski definition) is 8. The van der Waals surface area contributed by atoms with Gasteiger partial charge >= 0.3 is 11.9 Å². The second-order valence-corrected chi connectivity index (χ2v) is 15.4. The van der Waals surface area contributed by atoms with E-state index in [2.05, 4.69) is 10.6 Å². The molecule has 4 aliphatic rings. The van der Waals surface area contributed by atoms with E-state index < -0.39 is 88.0 Å². The number of hydrogen-bond donors (Lipinski definition) is 6. The molecule has 8 rings (SSSR count). The molecule has 60 heavy (non-hydrogen) atoms. The third-order valence-corrected chi connectivity index (χ3v) is 11.8. The van der Waals surface area contributed by atoms with Gasteiger partial charge in [-0.3, -0.25) is 28.8 Å². The Bertz CT molecular complexity index is 2450. The minimum atomic E-state index is -1.26. The Balaban J connectivity index is 0.000000181. The molecule has 2 amide bonds. The Kier molecular flexibility index (Phi) is 11.3. The highest BCUT2D eigenvalue weighted by Gasteiger charge is 2.51. The third kappa shape index (κ3) is 7.37. The summed E-state index contributed by atoms with van der Waals surface area (Å²) in [6, 6.07) is 15.0. The van der Waals surface area contributed by atoms with Gasteiger partial charge in [0.15, 0.2) is 23.1 Å². The predicted molar refractivity (Wildman–Crippen MR) is 212 cm³/mol. The van der Waals surface area contributed by atoms with E-state index in [9.17, 15) is 47.8 Å². The molecule has 0 saturated heterocycles. The van der Waals surface area contributed by atoms with Gasteiger partial charge in [0.25, 0.3) is 11.8 Å². The molecule has 2 aliphatic heterocycles. The van der Waals surface area contributed by atoms with E-state index in [0.717, 1.165) is 38.5 Å². The number of rotatable bonds is 8. The van der Waals surface area contributed by atoms with Crippen LogP contribution in [0.2, 0.25) is 0 Å². The van der Waals surface area contributed by atoms with Crippen LogP contribution in [0.25, 0.3) is 33.8 Å². The summed E-state index contributed by atoms with van der Waals surface area (Å²) in [7, 11) is 0. The van der Waals surface area contributed by atoms with E-state index in [-0.39, 0.29) is 5.82 Å². The summed E-state index contributed by atoms with van der Waals surface area (Å²) in [6.45, 7) is -1.32. The summed E-state index contributed by atoms with van der Waals surface area (Å²) in [5, 5.41) is 43.9. The Morgan fingerprint density at radius 3 is 1.53 bits per heavy atom. The fourth-order valence-corrected chi connectivity index (χ4v) is 8.96. The molecule has 6 N–H and O–H groups in total. The first kappa shape index (κ1) is 41.3. The van der Waals surface area contributed by atoms with Crippen molar-refractivity contribution < 1.29 is 58.0 Å². The average Bonchev–Trinajstić information content (AvgIpc) is 3.90. The number of nitrogens with one attached hydrogen (secondary N) is 2. The van der Waals surface area contributed by atoms with Crippen molar-refractivity contribution in [2.45, 2.75) is 75.3 Å². The van der Waals surface area contributed by atoms with Crippen molar-refractivity contribution in [3.63, 3.8) is 0 Å². The van der Waals surface area contributed by atoms with Crippen LogP contribution >= 0.6 is 0 Å². The maximum atomic E-state index is 13.5. The highest BCUT2D eigenvalue weighted by molar-refractivity contribution is 6.28. The number of nitrogens with zero attached hydrogens (tertiary/aromatic N) is 2. The second kappa shape index (κ2) is 16.4. The maximum absolute atomic E-state index is 13.5. The number of carbonyl (C=O) groups excluding carboxylic acids is 4. The molecule has 0 atom stereocenters. The lowest BCUT2D eigenvalue weighted by Crippen LogP contribution is -2.50. The molecule has 2 spiro atoms. The normalized spacial score (nSPS) is 17.7. The van der Waals surface area contributed by atoms with Crippen LogP contribution in [0.3, 0.4) is 0 Å². The molecule has 0 bridgehead atoms. The summed E-state index contributed by atoms with van der Waals surface area (Å²) in [5.41, 5.74) is 0.364. The molecule has 16 heteroatoms. The quantitative estimate of drug-likeness (QED) is 0.114. The minimum Gasteiger partial charge on any atom is -0.505 e. The molecule has 2 aromatic heterocycles. The number of carbonyl (C=O) groups is 6. The lowest BCUT2D eigenvalue weighted by Gasteiger charge is -2.41. The molecular weight excluding hydrogens is 782 g/mol. The van der Waals surface area contributed by atoms with E-state index in [4.69, 9.17) is 10.2 Å². The van der Waals surface area contributed by atoms with E-state index >= 15 is 0 Å². The Labute approximate surface area is 341 Å². The number of fused-ring (bicyclic) bond motifs is 4. The van der Waals surface area contributed by atoms with Crippen LogP contribution in [-0.2, 0) is 39.8 Å². The van der Waals surface area contributed by atoms with Crippen LogP contribution < -0.4 is 10.6 Å². The average molecular weight is 825 g/mol. The number of Topliss-reactive ketones (excluding diaryl/α,β-unsaturated/α-hetero) is 2. The summed E-state index contributed by atoms with van der Waals surface area (Å²) in [5.74, 6) is -7.08. The lowest BCUT2D eigenvalue weighted by molar-refractivity contribution is -0.138. The summed E-state index contributed by atoms with van der Waals surface area (Å²) in [4.78, 5) is 73.9. The van der Waals surface area contributed by atoms with Crippen LogP contribution in [0.1, 0.15) is 75.6 Å². The second-order valence-electron chi connectivity index (χ2n) is 15.4. The first-order valence-corrected chi connectivity index (χ1v) is 19.6. The van der Waals surface area contributed by atoms with E-state index in [0.29, 0.717) is 59.3 Å². The van der Waals surface area contributed by atoms with Crippen LogP contribution in [0.15, 0.2) is 84.2 Å². The number of aromatic nitrogens is 2. The molecule has 0 unspecified atom stereocenters. The highest BCUT2D eigenvalue weighted by Crippen LogP contribution is 2.48. The lowest BCUT2D eigenvalue weighted by atomic mass is 9.73. The maximum Gasteiger partial charge on any atom is 0.322 e. The Morgan fingerprint density at radius 2 is 1.05 bits per heavy atom. The molecule has 312 valence electrons. The molecule has 2 aromatic carbocycles. The van der Waals surface area contributed by atoms with E-state index in [1.54, 1.807) is 57.9 Å². The predicted octanol–water partition coefficient (Wildman–Crippen LogP) is 6.01. The fourth-order valence-electron chi connectivity index (χ4n) is 8.96. The third-order valence-electron chi connectivity index (χ3n) is 11.8. The van der Waals surface area contributed by atoms with Gasteiger partial charge in [-0.25, -0.2) is 8.78 Å². The number of carboxylic acid groups (broad SMARTS) is 2. The fraction of sp³-hybridized carbons (Fsp3) is 0.318. The largest absolute Gasteiger partial charge is 0.505 e. The Hall–Kier alpha value is -6.84. The number of aliphatic hydroxyl groups is 2.